The molecule has 17 heavy (non-hydrogen) atoms. The molecule has 4 heteroatoms. The van der Waals surface area contributed by atoms with E-state index in [1.807, 2.05) is 25.1 Å². The first-order valence-electron chi connectivity index (χ1n) is 5.38. The summed E-state index contributed by atoms with van der Waals surface area (Å²) in [6, 6.07) is 7.17. The van der Waals surface area contributed by atoms with Crippen molar-refractivity contribution in [1.82, 2.24) is 0 Å². The van der Waals surface area contributed by atoms with Crippen molar-refractivity contribution in [2.75, 3.05) is 18.5 Å². The zero-order valence-electron chi connectivity index (χ0n) is 10.1. The lowest BCUT2D eigenvalue weighted by molar-refractivity contribution is -0.114. The van der Waals surface area contributed by atoms with E-state index in [0.29, 0.717) is 18.0 Å². The average molecular weight is 235 g/mol. The Morgan fingerprint density at radius 2 is 2.24 bits per heavy atom. The Bertz CT molecular complexity index is 413. The summed E-state index contributed by atoms with van der Waals surface area (Å²) in [6.45, 7) is 3.73. The van der Waals surface area contributed by atoms with Crippen LogP contribution < -0.4 is 10.1 Å². The van der Waals surface area contributed by atoms with Gasteiger partial charge in [0.1, 0.15) is 12.4 Å². The van der Waals surface area contributed by atoms with Gasteiger partial charge in [0, 0.05) is 18.7 Å². The van der Waals surface area contributed by atoms with Crippen LogP contribution in [0.1, 0.15) is 13.8 Å². The Labute approximate surface area is 101 Å². The number of nitrogens with one attached hydrogen (secondary N) is 1. The highest BCUT2D eigenvalue weighted by atomic mass is 16.5. The van der Waals surface area contributed by atoms with Gasteiger partial charge in [0.25, 0.3) is 0 Å². The van der Waals surface area contributed by atoms with E-state index in [-0.39, 0.29) is 12.5 Å². The quantitative estimate of drug-likeness (QED) is 0.767. The molecule has 0 saturated heterocycles. The molecule has 0 unspecified atom stereocenters. The molecule has 92 valence electrons. The molecule has 1 aromatic carbocycles. The average Bonchev–Trinajstić information content (AvgIpc) is 2.28. The summed E-state index contributed by atoms with van der Waals surface area (Å²) in [7, 11) is 0. The van der Waals surface area contributed by atoms with Gasteiger partial charge in [-0.25, -0.2) is 0 Å². The van der Waals surface area contributed by atoms with Crippen LogP contribution >= 0.6 is 0 Å². The third kappa shape index (κ3) is 5.17. The number of hydrogen-bond acceptors (Lipinski definition) is 3. The van der Waals surface area contributed by atoms with Crippen molar-refractivity contribution in [2.24, 2.45) is 0 Å². The van der Waals surface area contributed by atoms with Crippen molar-refractivity contribution in [3.63, 3.8) is 0 Å². The molecule has 0 bridgehead atoms. The van der Waals surface area contributed by atoms with E-state index in [0.717, 1.165) is 5.57 Å². The summed E-state index contributed by atoms with van der Waals surface area (Å²) in [5.41, 5.74) is 1.57. The molecule has 0 atom stereocenters. The van der Waals surface area contributed by atoms with Gasteiger partial charge in [-0.1, -0.05) is 6.07 Å². The van der Waals surface area contributed by atoms with Gasteiger partial charge < -0.3 is 15.2 Å². The van der Waals surface area contributed by atoms with Gasteiger partial charge >= 0.3 is 0 Å². The smallest absolute Gasteiger partial charge is 0.221 e. The van der Waals surface area contributed by atoms with E-state index < -0.39 is 0 Å². The fourth-order valence-corrected chi connectivity index (χ4v) is 1.21. The molecule has 0 heterocycles. The lowest BCUT2D eigenvalue weighted by Crippen LogP contribution is -2.05. The second-order valence-corrected chi connectivity index (χ2v) is 3.73. The summed E-state index contributed by atoms with van der Waals surface area (Å²) >= 11 is 0. The number of rotatable bonds is 5. The molecule has 1 rings (SSSR count). The van der Waals surface area contributed by atoms with Crippen molar-refractivity contribution in [1.29, 1.82) is 0 Å². The van der Waals surface area contributed by atoms with Crippen LogP contribution in [0, 0.1) is 0 Å². The van der Waals surface area contributed by atoms with Crippen LogP contribution in [0.3, 0.4) is 0 Å². The van der Waals surface area contributed by atoms with Crippen LogP contribution in [0.15, 0.2) is 35.9 Å². The molecular formula is C13H17NO3. The van der Waals surface area contributed by atoms with Crippen LogP contribution in [0.2, 0.25) is 0 Å². The van der Waals surface area contributed by atoms with Crippen molar-refractivity contribution in [3.8, 4) is 5.75 Å². The van der Waals surface area contributed by atoms with E-state index in [2.05, 4.69) is 5.32 Å². The van der Waals surface area contributed by atoms with Crippen LogP contribution in [0.4, 0.5) is 5.69 Å². The zero-order valence-corrected chi connectivity index (χ0v) is 10.1. The van der Waals surface area contributed by atoms with Crippen LogP contribution in [0.5, 0.6) is 5.75 Å². The molecule has 0 spiro atoms. The molecule has 4 nitrogen and oxygen atoms in total. The van der Waals surface area contributed by atoms with E-state index in [4.69, 9.17) is 9.84 Å². The summed E-state index contributed by atoms with van der Waals surface area (Å²) < 4.78 is 5.46. The number of amides is 1. The minimum Gasteiger partial charge on any atom is -0.489 e. The first kappa shape index (κ1) is 13.3. The third-order valence-corrected chi connectivity index (χ3v) is 2.09. The normalized spacial score (nSPS) is 11.1. The second-order valence-electron chi connectivity index (χ2n) is 3.73. The first-order chi connectivity index (χ1) is 8.11. The van der Waals surface area contributed by atoms with Gasteiger partial charge in [0.05, 0.1) is 6.61 Å². The second kappa shape index (κ2) is 6.70. The molecule has 0 radical (unpaired) electrons. The van der Waals surface area contributed by atoms with Crippen molar-refractivity contribution in [2.45, 2.75) is 13.8 Å². The Balaban J connectivity index is 2.57. The highest BCUT2D eigenvalue weighted by Crippen LogP contribution is 2.17. The van der Waals surface area contributed by atoms with Gasteiger partial charge in [-0.15, -0.1) is 0 Å². The standard InChI is InChI=1S/C13H17NO3/c1-10(9-15)6-7-17-13-5-3-4-12(8-13)14-11(2)16/h3-6,8,15H,7,9H2,1-2H3,(H,14,16)/b10-6+. The Kier molecular flexibility index (Phi) is 5.23. The monoisotopic (exact) mass is 235 g/mol. The van der Waals surface area contributed by atoms with Crippen molar-refractivity contribution in [3.05, 3.63) is 35.9 Å². The molecule has 0 aliphatic carbocycles. The van der Waals surface area contributed by atoms with Crippen LogP contribution in [0.25, 0.3) is 0 Å². The summed E-state index contributed by atoms with van der Waals surface area (Å²) in [4.78, 5) is 10.9. The van der Waals surface area contributed by atoms with Crippen molar-refractivity contribution < 1.29 is 14.6 Å². The molecule has 0 aromatic heterocycles. The Hall–Kier alpha value is -1.81. The molecule has 0 aliphatic heterocycles. The zero-order chi connectivity index (χ0) is 12.7. The van der Waals surface area contributed by atoms with E-state index in [9.17, 15) is 4.79 Å². The minimum atomic E-state index is -0.113. The summed E-state index contributed by atoms with van der Waals surface area (Å²) in [5.74, 6) is 0.566. The summed E-state index contributed by atoms with van der Waals surface area (Å²) in [5, 5.41) is 11.5. The van der Waals surface area contributed by atoms with E-state index in [1.54, 1.807) is 12.1 Å². The number of benzene rings is 1. The Morgan fingerprint density at radius 3 is 2.88 bits per heavy atom. The van der Waals surface area contributed by atoms with E-state index in [1.165, 1.54) is 6.92 Å². The maximum Gasteiger partial charge on any atom is 0.221 e. The fourth-order valence-electron chi connectivity index (χ4n) is 1.21. The number of ether oxygens (including phenoxy) is 1. The van der Waals surface area contributed by atoms with Crippen molar-refractivity contribution >= 4 is 11.6 Å². The van der Waals surface area contributed by atoms with Crippen LogP contribution in [-0.4, -0.2) is 24.2 Å². The largest absolute Gasteiger partial charge is 0.489 e. The van der Waals surface area contributed by atoms with Gasteiger partial charge in [-0.2, -0.15) is 0 Å². The van der Waals surface area contributed by atoms with E-state index >= 15 is 0 Å². The molecule has 1 aromatic rings. The topological polar surface area (TPSA) is 58.6 Å². The lowest BCUT2D eigenvalue weighted by Gasteiger charge is -2.06. The minimum absolute atomic E-state index is 0.0370. The predicted octanol–water partition coefficient (Wildman–Crippen LogP) is 1.96. The lowest BCUT2D eigenvalue weighted by atomic mass is 10.3. The number of carbonyl (C=O) groups is 1. The number of aliphatic hydroxyl groups is 1. The fraction of sp³-hybridized carbons (Fsp3) is 0.308. The highest BCUT2D eigenvalue weighted by molar-refractivity contribution is 5.88. The van der Waals surface area contributed by atoms with Crippen LogP contribution in [-0.2, 0) is 4.79 Å². The number of anilines is 1. The molecule has 0 fully saturated rings. The molecule has 0 saturated carbocycles. The number of carbonyl (C=O) groups excluding carboxylic acids is 1. The highest BCUT2D eigenvalue weighted by Gasteiger charge is 1.97. The first-order valence-corrected chi connectivity index (χ1v) is 5.38. The molecule has 1 amide bonds. The maximum absolute atomic E-state index is 10.9. The molecule has 0 aliphatic rings. The SMILES string of the molecule is CC(=O)Nc1cccc(OC/C=C(\C)CO)c1. The number of hydrogen-bond donors (Lipinski definition) is 2. The molecule has 2 N–H and O–H groups in total. The Morgan fingerprint density at radius 1 is 1.47 bits per heavy atom. The van der Waals surface area contributed by atoms with Gasteiger partial charge in [0.15, 0.2) is 0 Å². The summed E-state index contributed by atoms with van der Waals surface area (Å²) in [6.07, 6.45) is 1.81. The molecular weight excluding hydrogens is 218 g/mol. The number of aliphatic hydroxyl groups excluding tert-OH is 1. The maximum atomic E-state index is 10.9. The van der Waals surface area contributed by atoms with Gasteiger partial charge in [-0.05, 0) is 30.7 Å². The predicted molar refractivity (Wildman–Crippen MR) is 67.1 cm³/mol. The van der Waals surface area contributed by atoms with Gasteiger partial charge in [-0.3, -0.25) is 4.79 Å². The third-order valence-electron chi connectivity index (χ3n) is 2.09. The van der Waals surface area contributed by atoms with Gasteiger partial charge in [0.2, 0.25) is 5.91 Å².